The summed E-state index contributed by atoms with van der Waals surface area (Å²) in [7, 11) is 2.01. The van der Waals surface area contributed by atoms with Crippen LogP contribution in [0.15, 0.2) is 6.07 Å². The Morgan fingerprint density at radius 3 is 2.79 bits per heavy atom. The maximum absolute atomic E-state index is 6.02. The van der Waals surface area contributed by atoms with Gasteiger partial charge in [0, 0.05) is 26.2 Å². The molecule has 19 heavy (non-hydrogen) atoms. The van der Waals surface area contributed by atoms with Crippen LogP contribution in [0.2, 0.25) is 0 Å². The van der Waals surface area contributed by atoms with Gasteiger partial charge in [-0.05, 0) is 38.7 Å². The van der Waals surface area contributed by atoms with Crippen molar-refractivity contribution >= 4 is 0 Å². The molecule has 1 atom stereocenters. The van der Waals surface area contributed by atoms with Crippen LogP contribution in [-0.2, 0) is 18.3 Å². The molecule has 108 valence electrons. The lowest BCUT2D eigenvalue weighted by Gasteiger charge is -2.40. The molecule has 0 saturated carbocycles. The second-order valence-electron chi connectivity index (χ2n) is 5.71. The Morgan fingerprint density at radius 2 is 2.21 bits per heavy atom. The Bertz CT molecular complexity index is 410. The Hall–Kier alpha value is -0.870. The predicted octanol–water partition coefficient (Wildman–Crippen LogP) is 2.56. The molecule has 0 aromatic carbocycles. The first-order valence-corrected chi connectivity index (χ1v) is 7.45. The van der Waals surface area contributed by atoms with Gasteiger partial charge >= 0.3 is 0 Å². The molecule has 1 aliphatic heterocycles. The van der Waals surface area contributed by atoms with Gasteiger partial charge in [0.1, 0.15) is 0 Å². The second-order valence-corrected chi connectivity index (χ2v) is 5.71. The maximum atomic E-state index is 6.02. The topological polar surface area (TPSA) is 39.1 Å². The highest BCUT2D eigenvalue weighted by Crippen LogP contribution is 2.31. The van der Waals surface area contributed by atoms with Crippen molar-refractivity contribution in [2.75, 3.05) is 6.61 Å². The van der Waals surface area contributed by atoms with Gasteiger partial charge in [0.25, 0.3) is 0 Å². The molecule has 0 aliphatic carbocycles. The van der Waals surface area contributed by atoms with Gasteiger partial charge in [-0.2, -0.15) is 5.10 Å². The van der Waals surface area contributed by atoms with Crippen molar-refractivity contribution in [2.45, 2.75) is 64.6 Å². The summed E-state index contributed by atoms with van der Waals surface area (Å²) in [5, 5.41) is 8.06. The quantitative estimate of drug-likeness (QED) is 0.889. The smallest absolute Gasteiger partial charge is 0.0692 e. The van der Waals surface area contributed by atoms with E-state index < -0.39 is 0 Å². The van der Waals surface area contributed by atoms with Crippen LogP contribution < -0.4 is 5.32 Å². The van der Waals surface area contributed by atoms with Gasteiger partial charge in [0.05, 0.1) is 17.0 Å². The monoisotopic (exact) mass is 265 g/mol. The minimum absolute atomic E-state index is 0.0955. The van der Waals surface area contributed by atoms with Gasteiger partial charge in [0.15, 0.2) is 0 Å². The number of aryl methyl sites for hydroxylation is 2. The third kappa shape index (κ3) is 3.37. The van der Waals surface area contributed by atoms with Gasteiger partial charge in [-0.15, -0.1) is 0 Å². The fourth-order valence-corrected chi connectivity index (χ4v) is 3.02. The van der Waals surface area contributed by atoms with Gasteiger partial charge < -0.3 is 10.1 Å². The highest BCUT2D eigenvalue weighted by atomic mass is 16.5. The molecular weight excluding hydrogens is 238 g/mol. The van der Waals surface area contributed by atoms with E-state index in [0.717, 1.165) is 44.5 Å². The summed E-state index contributed by atoms with van der Waals surface area (Å²) in [6, 6.07) is 2.71. The number of hydrogen-bond acceptors (Lipinski definition) is 3. The summed E-state index contributed by atoms with van der Waals surface area (Å²) in [6.07, 6.45) is 4.44. The SMILES string of the molecule is CCC1(CC)CC(NCc2cc(C)nn2C)CCO1. The van der Waals surface area contributed by atoms with Gasteiger partial charge in [-0.3, -0.25) is 4.68 Å². The van der Waals surface area contributed by atoms with Crippen LogP contribution in [0.1, 0.15) is 50.9 Å². The van der Waals surface area contributed by atoms with E-state index in [1.165, 1.54) is 5.69 Å². The summed E-state index contributed by atoms with van der Waals surface area (Å²) in [4.78, 5) is 0. The van der Waals surface area contributed by atoms with Crippen molar-refractivity contribution in [2.24, 2.45) is 7.05 Å². The zero-order chi connectivity index (χ0) is 13.9. The van der Waals surface area contributed by atoms with Crippen LogP contribution in [0, 0.1) is 6.92 Å². The molecule has 0 radical (unpaired) electrons. The molecule has 1 unspecified atom stereocenters. The molecule has 2 heterocycles. The molecule has 1 aliphatic rings. The standard InChI is InChI=1S/C15H27N3O/c1-5-15(6-2)10-13(7-8-19-15)16-11-14-9-12(3)17-18(14)4/h9,13,16H,5-8,10-11H2,1-4H3. The molecule has 0 spiro atoms. The molecule has 4 nitrogen and oxygen atoms in total. The molecule has 0 bridgehead atoms. The van der Waals surface area contributed by atoms with Gasteiger partial charge in [0.2, 0.25) is 0 Å². The highest BCUT2D eigenvalue weighted by Gasteiger charge is 2.34. The number of nitrogens with zero attached hydrogens (tertiary/aromatic N) is 2. The third-order valence-electron chi connectivity index (χ3n) is 4.45. The zero-order valence-corrected chi connectivity index (χ0v) is 12.7. The molecule has 4 heteroatoms. The highest BCUT2D eigenvalue weighted by molar-refractivity contribution is 5.08. The van der Waals surface area contributed by atoms with E-state index in [1.807, 2.05) is 18.7 Å². The number of ether oxygens (including phenoxy) is 1. The van der Waals surface area contributed by atoms with E-state index in [-0.39, 0.29) is 5.60 Å². The van der Waals surface area contributed by atoms with E-state index >= 15 is 0 Å². The summed E-state index contributed by atoms with van der Waals surface area (Å²) >= 11 is 0. The predicted molar refractivity (Wildman–Crippen MR) is 77.1 cm³/mol. The lowest BCUT2D eigenvalue weighted by Crippen LogP contribution is -2.46. The largest absolute Gasteiger partial charge is 0.375 e. The Balaban J connectivity index is 1.91. The van der Waals surface area contributed by atoms with Crippen molar-refractivity contribution < 1.29 is 4.74 Å². The van der Waals surface area contributed by atoms with Crippen molar-refractivity contribution in [1.29, 1.82) is 0 Å². The number of rotatable bonds is 5. The van der Waals surface area contributed by atoms with Crippen molar-refractivity contribution in [1.82, 2.24) is 15.1 Å². The minimum Gasteiger partial charge on any atom is -0.375 e. The Labute approximate surface area is 116 Å². The normalized spacial score (nSPS) is 22.6. The van der Waals surface area contributed by atoms with Crippen LogP contribution in [-0.4, -0.2) is 28.0 Å². The van der Waals surface area contributed by atoms with E-state index in [1.54, 1.807) is 0 Å². The molecule has 2 rings (SSSR count). The maximum Gasteiger partial charge on any atom is 0.0692 e. The van der Waals surface area contributed by atoms with Gasteiger partial charge in [-0.1, -0.05) is 13.8 Å². The zero-order valence-electron chi connectivity index (χ0n) is 12.7. The lowest BCUT2D eigenvalue weighted by molar-refractivity contribution is -0.0932. The second kappa shape index (κ2) is 6.06. The molecule has 1 fully saturated rings. The molecule has 1 saturated heterocycles. The van der Waals surface area contributed by atoms with Crippen molar-refractivity contribution in [3.8, 4) is 0 Å². The van der Waals surface area contributed by atoms with Crippen LogP contribution in [0.5, 0.6) is 0 Å². The van der Waals surface area contributed by atoms with Crippen LogP contribution in [0.3, 0.4) is 0 Å². The lowest BCUT2D eigenvalue weighted by atomic mass is 9.86. The van der Waals surface area contributed by atoms with Gasteiger partial charge in [-0.25, -0.2) is 0 Å². The van der Waals surface area contributed by atoms with E-state index in [0.29, 0.717) is 6.04 Å². The molecule has 0 amide bonds. The number of nitrogens with one attached hydrogen (secondary N) is 1. The summed E-state index contributed by atoms with van der Waals surface area (Å²) in [5.74, 6) is 0. The molecule has 1 aromatic rings. The third-order valence-corrected chi connectivity index (χ3v) is 4.45. The average Bonchev–Trinajstić information content (AvgIpc) is 2.75. The molecular formula is C15H27N3O. The van der Waals surface area contributed by atoms with Crippen LogP contribution >= 0.6 is 0 Å². The van der Waals surface area contributed by atoms with E-state index in [4.69, 9.17) is 4.74 Å². The fraction of sp³-hybridized carbons (Fsp3) is 0.800. The van der Waals surface area contributed by atoms with E-state index in [2.05, 4.69) is 30.3 Å². The fourth-order valence-electron chi connectivity index (χ4n) is 3.02. The Kier molecular flexibility index (Phi) is 4.63. The summed E-state index contributed by atoms with van der Waals surface area (Å²) < 4.78 is 7.98. The Morgan fingerprint density at radius 1 is 1.47 bits per heavy atom. The number of aromatic nitrogens is 2. The van der Waals surface area contributed by atoms with Crippen LogP contribution in [0.4, 0.5) is 0 Å². The first kappa shape index (κ1) is 14.5. The molecule has 1 N–H and O–H groups in total. The van der Waals surface area contributed by atoms with Crippen molar-refractivity contribution in [3.05, 3.63) is 17.5 Å². The first-order valence-electron chi connectivity index (χ1n) is 7.45. The summed E-state index contributed by atoms with van der Waals surface area (Å²) in [5.41, 5.74) is 2.43. The van der Waals surface area contributed by atoms with Crippen LogP contribution in [0.25, 0.3) is 0 Å². The summed E-state index contributed by atoms with van der Waals surface area (Å²) in [6.45, 7) is 8.28. The number of hydrogen-bond donors (Lipinski definition) is 1. The van der Waals surface area contributed by atoms with E-state index in [9.17, 15) is 0 Å². The minimum atomic E-state index is 0.0955. The van der Waals surface area contributed by atoms with Crippen molar-refractivity contribution in [3.63, 3.8) is 0 Å². The molecule has 1 aromatic heterocycles. The first-order chi connectivity index (χ1) is 9.08. The average molecular weight is 265 g/mol.